The summed E-state index contributed by atoms with van der Waals surface area (Å²) >= 11 is 0. The van der Waals surface area contributed by atoms with E-state index in [0.29, 0.717) is 34.5 Å². The monoisotopic (exact) mass is 440 g/mol. The first-order valence-corrected chi connectivity index (χ1v) is 11.5. The van der Waals surface area contributed by atoms with Crippen molar-refractivity contribution in [3.63, 3.8) is 0 Å². The molecule has 0 saturated heterocycles. The zero-order valence-corrected chi connectivity index (χ0v) is 18.7. The molecule has 0 aliphatic heterocycles. The van der Waals surface area contributed by atoms with Gasteiger partial charge in [-0.25, -0.2) is 9.97 Å². The Morgan fingerprint density at radius 1 is 0.636 bits per heavy atom. The Bertz CT molecular complexity index is 1580. The standard InChI is InChI=1S/C27H24N2O4/c1-3-4-5-6-7-17-9-13-23(31-17)27-29-25-19-10-14-20-24(18(19)11-15-21(25)33-27)28-26(32-20)22-12-8-16(2)30-22/h8-15H,3-7H2,1-2H3. The molecule has 0 radical (unpaired) electrons. The lowest BCUT2D eigenvalue weighted by atomic mass is 10.1. The smallest absolute Gasteiger partial charge is 0.263 e. The number of hydrogen-bond donors (Lipinski definition) is 0. The molecule has 0 bridgehead atoms. The van der Waals surface area contributed by atoms with Gasteiger partial charge in [0.2, 0.25) is 0 Å². The molecule has 0 unspecified atom stereocenters. The van der Waals surface area contributed by atoms with Crippen LogP contribution in [-0.4, -0.2) is 9.97 Å². The predicted molar refractivity (Wildman–Crippen MR) is 127 cm³/mol. The fourth-order valence-electron chi connectivity index (χ4n) is 4.30. The Morgan fingerprint density at radius 2 is 1.27 bits per heavy atom. The van der Waals surface area contributed by atoms with Crippen molar-refractivity contribution in [1.82, 2.24) is 9.97 Å². The van der Waals surface area contributed by atoms with E-state index < -0.39 is 0 Å². The first-order valence-electron chi connectivity index (χ1n) is 11.5. The molecule has 33 heavy (non-hydrogen) atoms. The van der Waals surface area contributed by atoms with Gasteiger partial charge < -0.3 is 17.7 Å². The summed E-state index contributed by atoms with van der Waals surface area (Å²) < 4.78 is 23.7. The van der Waals surface area contributed by atoms with Gasteiger partial charge in [0.15, 0.2) is 22.7 Å². The Morgan fingerprint density at radius 3 is 1.88 bits per heavy atom. The van der Waals surface area contributed by atoms with Crippen LogP contribution in [-0.2, 0) is 6.42 Å². The van der Waals surface area contributed by atoms with Crippen LogP contribution in [0.2, 0.25) is 0 Å². The zero-order valence-electron chi connectivity index (χ0n) is 18.7. The van der Waals surface area contributed by atoms with Gasteiger partial charge >= 0.3 is 0 Å². The number of unbranched alkanes of at least 4 members (excludes halogenated alkanes) is 3. The number of benzene rings is 2. The van der Waals surface area contributed by atoms with Gasteiger partial charge in [0.1, 0.15) is 22.6 Å². The summed E-state index contributed by atoms with van der Waals surface area (Å²) in [7, 11) is 0. The molecular formula is C27H24N2O4. The van der Waals surface area contributed by atoms with Crippen LogP contribution in [0.4, 0.5) is 0 Å². The second-order valence-corrected chi connectivity index (χ2v) is 8.44. The minimum Gasteiger partial charge on any atom is -0.456 e. The molecule has 0 aliphatic carbocycles. The van der Waals surface area contributed by atoms with Gasteiger partial charge in [0.25, 0.3) is 11.8 Å². The number of oxazole rings is 2. The van der Waals surface area contributed by atoms with Crippen LogP contribution >= 0.6 is 0 Å². The van der Waals surface area contributed by atoms with Crippen molar-refractivity contribution in [2.24, 2.45) is 0 Å². The maximum absolute atomic E-state index is 6.04. The zero-order chi connectivity index (χ0) is 22.4. The average Bonchev–Trinajstić information content (AvgIpc) is 3.61. The molecule has 0 saturated carbocycles. The summed E-state index contributed by atoms with van der Waals surface area (Å²) in [6.07, 6.45) is 5.77. The van der Waals surface area contributed by atoms with Gasteiger partial charge in [-0.1, -0.05) is 26.2 Å². The Kier molecular flexibility index (Phi) is 4.79. The summed E-state index contributed by atoms with van der Waals surface area (Å²) in [6.45, 7) is 4.11. The quantitative estimate of drug-likeness (QED) is 0.234. The van der Waals surface area contributed by atoms with Gasteiger partial charge in [-0.15, -0.1) is 0 Å². The molecule has 4 aromatic heterocycles. The molecule has 4 heterocycles. The summed E-state index contributed by atoms with van der Waals surface area (Å²) in [5.74, 6) is 4.01. The average molecular weight is 440 g/mol. The SMILES string of the molecule is CCCCCCc1ccc(-c2nc3c(ccc4c3ccc3oc(-c5ccc(C)o5)nc34)o2)o1. The fraction of sp³-hybridized carbons (Fsp3) is 0.259. The minimum atomic E-state index is 0.466. The molecule has 0 atom stereocenters. The van der Waals surface area contributed by atoms with E-state index >= 15 is 0 Å². The minimum absolute atomic E-state index is 0.466. The van der Waals surface area contributed by atoms with Crippen molar-refractivity contribution in [1.29, 1.82) is 0 Å². The molecule has 166 valence electrons. The lowest BCUT2D eigenvalue weighted by Crippen LogP contribution is -1.82. The van der Waals surface area contributed by atoms with Crippen molar-refractivity contribution in [3.05, 3.63) is 60.1 Å². The molecule has 6 nitrogen and oxygen atoms in total. The third kappa shape index (κ3) is 3.52. The van der Waals surface area contributed by atoms with Gasteiger partial charge in [0.05, 0.1) is 0 Å². The maximum Gasteiger partial charge on any atom is 0.263 e. The van der Waals surface area contributed by atoms with Crippen LogP contribution in [0.25, 0.3) is 56.3 Å². The van der Waals surface area contributed by atoms with Crippen LogP contribution in [0.1, 0.15) is 44.1 Å². The third-order valence-electron chi connectivity index (χ3n) is 6.01. The van der Waals surface area contributed by atoms with Crippen molar-refractivity contribution in [2.45, 2.75) is 46.0 Å². The van der Waals surface area contributed by atoms with Crippen LogP contribution in [0.15, 0.2) is 66.2 Å². The lowest BCUT2D eigenvalue weighted by molar-refractivity contribution is 0.485. The number of hydrogen-bond acceptors (Lipinski definition) is 6. The lowest BCUT2D eigenvalue weighted by Gasteiger charge is -1.97. The first-order chi connectivity index (χ1) is 16.2. The highest BCUT2D eigenvalue weighted by Gasteiger charge is 2.18. The number of furan rings is 2. The fourth-order valence-corrected chi connectivity index (χ4v) is 4.30. The second-order valence-electron chi connectivity index (χ2n) is 8.44. The van der Waals surface area contributed by atoms with Crippen LogP contribution in [0.5, 0.6) is 0 Å². The molecule has 0 aliphatic rings. The van der Waals surface area contributed by atoms with Crippen molar-refractivity contribution < 1.29 is 17.7 Å². The van der Waals surface area contributed by atoms with Gasteiger partial charge in [-0.05, 0) is 61.9 Å². The molecule has 0 spiro atoms. The number of nitrogens with zero attached hydrogens (tertiary/aromatic N) is 2. The van der Waals surface area contributed by atoms with Gasteiger partial charge in [-0.2, -0.15) is 0 Å². The topological polar surface area (TPSA) is 78.3 Å². The highest BCUT2D eigenvalue weighted by Crippen LogP contribution is 2.35. The van der Waals surface area contributed by atoms with E-state index in [0.717, 1.165) is 46.2 Å². The molecule has 6 rings (SSSR count). The van der Waals surface area contributed by atoms with Gasteiger partial charge in [0, 0.05) is 17.2 Å². The summed E-state index contributed by atoms with van der Waals surface area (Å²) in [5, 5.41) is 1.91. The summed E-state index contributed by atoms with van der Waals surface area (Å²) in [5.41, 5.74) is 2.97. The van der Waals surface area contributed by atoms with Crippen LogP contribution in [0.3, 0.4) is 0 Å². The molecule has 0 N–H and O–H groups in total. The molecule has 0 fully saturated rings. The highest BCUT2D eigenvalue weighted by molar-refractivity contribution is 6.13. The summed E-state index contributed by atoms with van der Waals surface area (Å²) in [6, 6.07) is 15.6. The molecule has 0 amide bonds. The molecule has 6 heteroatoms. The normalized spacial score (nSPS) is 11.9. The Hall–Kier alpha value is -3.80. The van der Waals surface area contributed by atoms with E-state index in [1.165, 1.54) is 19.3 Å². The largest absolute Gasteiger partial charge is 0.456 e. The molecule has 2 aromatic carbocycles. The van der Waals surface area contributed by atoms with Crippen molar-refractivity contribution >= 4 is 33.0 Å². The van der Waals surface area contributed by atoms with E-state index in [9.17, 15) is 0 Å². The Labute approximate surface area is 190 Å². The number of aromatic nitrogens is 2. The van der Waals surface area contributed by atoms with Crippen molar-refractivity contribution in [3.8, 4) is 23.3 Å². The van der Waals surface area contributed by atoms with Crippen molar-refractivity contribution in [2.75, 3.05) is 0 Å². The predicted octanol–water partition coefficient (Wildman–Crippen LogP) is 8.07. The highest BCUT2D eigenvalue weighted by atomic mass is 16.4. The molecular weight excluding hydrogens is 416 g/mol. The van der Waals surface area contributed by atoms with Gasteiger partial charge in [-0.3, -0.25) is 0 Å². The van der Waals surface area contributed by atoms with Crippen LogP contribution < -0.4 is 0 Å². The Balaban J connectivity index is 1.37. The maximum atomic E-state index is 6.04. The van der Waals surface area contributed by atoms with Crippen LogP contribution in [0, 0.1) is 6.92 Å². The number of fused-ring (bicyclic) bond motifs is 5. The van der Waals surface area contributed by atoms with E-state index in [-0.39, 0.29) is 0 Å². The number of aryl methyl sites for hydroxylation is 2. The van der Waals surface area contributed by atoms with E-state index in [1.807, 2.05) is 55.5 Å². The number of rotatable bonds is 7. The van der Waals surface area contributed by atoms with E-state index in [2.05, 4.69) is 6.92 Å². The molecule has 6 aromatic rings. The first kappa shape index (κ1) is 19.9. The van der Waals surface area contributed by atoms with E-state index in [1.54, 1.807) is 0 Å². The summed E-state index contributed by atoms with van der Waals surface area (Å²) in [4.78, 5) is 9.48. The van der Waals surface area contributed by atoms with E-state index in [4.69, 9.17) is 27.6 Å². The second kappa shape index (κ2) is 7.96. The third-order valence-corrected chi connectivity index (χ3v) is 6.01.